The molecule has 0 aliphatic heterocycles. The second kappa shape index (κ2) is 11.4. The molecule has 0 nitrogen and oxygen atoms in total. The maximum atomic E-state index is 15.1. The highest BCUT2D eigenvalue weighted by atomic mass is 19.1. The van der Waals surface area contributed by atoms with Crippen LogP contribution in [0.2, 0.25) is 0 Å². The second-order valence-corrected chi connectivity index (χ2v) is 10.6. The van der Waals surface area contributed by atoms with Gasteiger partial charge >= 0.3 is 0 Å². The van der Waals surface area contributed by atoms with Gasteiger partial charge in [-0.15, -0.1) is 6.58 Å². The summed E-state index contributed by atoms with van der Waals surface area (Å²) >= 11 is 0. The van der Waals surface area contributed by atoms with Crippen LogP contribution in [0.25, 0.3) is 11.1 Å². The molecule has 4 rings (SSSR count). The fraction of sp³-hybridized carbons (Fsp3) is 0.548. The quantitative estimate of drug-likeness (QED) is 0.263. The maximum absolute atomic E-state index is 15.1. The van der Waals surface area contributed by atoms with Gasteiger partial charge in [-0.05, 0) is 97.4 Å². The van der Waals surface area contributed by atoms with Gasteiger partial charge in [-0.2, -0.15) is 0 Å². The molecule has 2 aliphatic rings. The first-order valence-corrected chi connectivity index (χ1v) is 13.3. The largest absolute Gasteiger partial charge is 0.206 e. The Kier molecular flexibility index (Phi) is 8.39. The van der Waals surface area contributed by atoms with Gasteiger partial charge in [0.15, 0.2) is 0 Å². The van der Waals surface area contributed by atoms with Gasteiger partial charge in [-0.1, -0.05) is 69.4 Å². The monoisotopic (exact) mass is 450 g/mol. The summed E-state index contributed by atoms with van der Waals surface area (Å²) in [5, 5.41) is 0. The van der Waals surface area contributed by atoms with Crippen molar-refractivity contribution >= 4 is 0 Å². The second-order valence-electron chi connectivity index (χ2n) is 10.6. The topological polar surface area (TPSA) is 0 Å². The third-order valence-electron chi connectivity index (χ3n) is 8.35. The molecule has 4 atom stereocenters. The molecule has 2 heteroatoms. The number of aryl methyl sites for hydroxylation is 1. The minimum atomic E-state index is -0.425. The van der Waals surface area contributed by atoms with Crippen LogP contribution in [-0.2, 0) is 6.42 Å². The molecule has 2 aromatic carbocycles. The van der Waals surface area contributed by atoms with E-state index >= 15 is 8.78 Å². The van der Waals surface area contributed by atoms with Crippen LogP contribution >= 0.6 is 0 Å². The van der Waals surface area contributed by atoms with E-state index in [-0.39, 0.29) is 5.56 Å². The van der Waals surface area contributed by atoms with Crippen LogP contribution in [0, 0.1) is 29.4 Å². The molecule has 1 unspecified atom stereocenters. The Morgan fingerprint density at radius 2 is 1.61 bits per heavy atom. The Morgan fingerprint density at radius 1 is 0.909 bits per heavy atom. The van der Waals surface area contributed by atoms with Crippen molar-refractivity contribution in [1.29, 1.82) is 0 Å². The Bertz CT molecular complexity index is 890. The zero-order valence-corrected chi connectivity index (χ0v) is 20.3. The Hall–Kier alpha value is -1.96. The van der Waals surface area contributed by atoms with Gasteiger partial charge in [0.1, 0.15) is 11.6 Å². The molecule has 0 spiro atoms. The van der Waals surface area contributed by atoms with Crippen molar-refractivity contribution < 1.29 is 8.78 Å². The van der Waals surface area contributed by atoms with E-state index in [2.05, 4.69) is 13.5 Å². The standard InChI is InChI=1S/C31H40F2/c1-3-5-7-9-23-12-15-26-19-27(17-16-25(26)18-23)28-20-29(32)31(30(33)21-28)24-13-10-22(11-14-24)8-6-4-2/h4,10-11,13-14,20-21,23,25-27H,2-3,5-9,12,15-19H2,1H3/t23?,25-,26-,27-/m1/s1. The molecule has 2 aromatic rings. The van der Waals surface area contributed by atoms with Crippen molar-refractivity contribution in [2.75, 3.05) is 0 Å². The third kappa shape index (κ3) is 5.94. The van der Waals surface area contributed by atoms with E-state index < -0.39 is 11.6 Å². The predicted molar refractivity (Wildman–Crippen MR) is 135 cm³/mol. The average Bonchev–Trinajstić information content (AvgIpc) is 2.83. The molecule has 2 fully saturated rings. The molecular formula is C31H40F2. The maximum Gasteiger partial charge on any atom is 0.134 e. The predicted octanol–water partition coefficient (Wildman–Crippen LogP) is 9.63. The highest BCUT2D eigenvalue weighted by molar-refractivity contribution is 5.65. The number of hydrogen-bond acceptors (Lipinski definition) is 0. The smallest absolute Gasteiger partial charge is 0.134 e. The zero-order valence-electron chi connectivity index (χ0n) is 20.3. The van der Waals surface area contributed by atoms with E-state index in [1.54, 1.807) is 12.1 Å². The van der Waals surface area contributed by atoms with Gasteiger partial charge < -0.3 is 0 Å². The molecule has 178 valence electrons. The summed E-state index contributed by atoms with van der Waals surface area (Å²) in [6.07, 6.45) is 16.5. The van der Waals surface area contributed by atoms with E-state index in [1.807, 2.05) is 30.3 Å². The molecule has 0 aromatic heterocycles. The minimum absolute atomic E-state index is 0.107. The van der Waals surface area contributed by atoms with Crippen molar-refractivity contribution in [2.45, 2.75) is 89.9 Å². The molecular weight excluding hydrogens is 410 g/mol. The van der Waals surface area contributed by atoms with Crippen LogP contribution in [0.15, 0.2) is 49.1 Å². The first-order valence-electron chi connectivity index (χ1n) is 13.3. The van der Waals surface area contributed by atoms with Crippen molar-refractivity contribution in [1.82, 2.24) is 0 Å². The van der Waals surface area contributed by atoms with Crippen molar-refractivity contribution in [3.63, 3.8) is 0 Å². The summed E-state index contributed by atoms with van der Waals surface area (Å²) in [7, 11) is 0. The van der Waals surface area contributed by atoms with Crippen LogP contribution < -0.4 is 0 Å². The SMILES string of the molecule is C=CCCc1ccc(-c2c(F)cc([C@@H]3CC[C@@H]4CC(CCCCC)CC[C@@H]4C3)cc2F)cc1. The van der Waals surface area contributed by atoms with E-state index in [0.29, 0.717) is 11.5 Å². The third-order valence-corrected chi connectivity index (χ3v) is 8.35. The number of halogens is 2. The first kappa shape index (κ1) is 24.2. The summed E-state index contributed by atoms with van der Waals surface area (Å²) in [5.41, 5.74) is 2.74. The lowest BCUT2D eigenvalue weighted by atomic mass is 9.63. The van der Waals surface area contributed by atoms with Crippen LogP contribution in [0.1, 0.15) is 94.6 Å². The zero-order chi connectivity index (χ0) is 23.2. The molecule has 33 heavy (non-hydrogen) atoms. The molecule has 0 saturated heterocycles. The number of allylic oxidation sites excluding steroid dienone is 1. The molecule has 0 amide bonds. The minimum Gasteiger partial charge on any atom is -0.206 e. The van der Waals surface area contributed by atoms with Crippen molar-refractivity contribution in [2.24, 2.45) is 17.8 Å². The first-order chi connectivity index (χ1) is 16.1. The number of rotatable bonds is 9. The molecule has 0 bridgehead atoms. The number of benzene rings is 2. The number of unbranched alkanes of at least 4 members (excludes halogenated alkanes) is 2. The highest BCUT2D eigenvalue weighted by Crippen LogP contribution is 2.48. The van der Waals surface area contributed by atoms with Crippen LogP contribution in [0.4, 0.5) is 8.78 Å². The van der Waals surface area contributed by atoms with Gasteiger partial charge in [0, 0.05) is 0 Å². The van der Waals surface area contributed by atoms with Gasteiger partial charge in [-0.25, -0.2) is 8.78 Å². The van der Waals surface area contributed by atoms with Crippen molar-refractivity contribution in [3.8, 4) is 11.1 Å². The number of fused-ring (bicyclic) bond motifs is 1. The summed E-state index contributed by atoms with van der Waals surface area (Å²) in [6.45, 7) is 6.03. The van der Waals surface area contributed by atoms with Crippen LogP contribution in [0.3, 0.4) is 0 Å². The van der Waals surface area contributed by atoms with Gasteiger partial charge in [0.2, 0.25) is 0 Å². The lowest BCUT2D eigenvalue weighted by Crippen LogP contribution is -2.30. The van der Waals surface area contributed by atoms with Crippen molar-refractivity contribution in [3.05, 3.63) is 71.8 Å². The lowest BCUT2D eigenvalue weighted by molar-refractivity contribution is 0.113. The molecule has 2 saturated carbocycles. The normalized spacial score (nSPS) is 24.9. The summed E-state index contributed by atoms with van der Waals surface area (Å²) in [6, 6.07) is 10.8. The Balaban J connectivity index is 1.41. The molecule has 0 heterocycles. The van der Waals surface area contributed by atoms with Gasteiger partial charge in [0.05, 0.1) is 5.56 Å². The summed E-state index contributed by atoms with van der Waals surface area (Å²) < 4.78 is 30.3. The van der Waals surface area contributed by atoms with E-state index in [9.17, 15) is 0 Å². The Morgan fingerprint density at radius 3 is 2.30 bits per heavy atom. The van der Waals surface area contributed by atoms with E-state index in [0.717, 1.165) is 54.6 Å². The average molecular weight is 451 g/mol. The fourth-order valence-electron chi connectivity index (χ4n) is 6.45. The van der Waals surface area contributed by atoms with Crippen LogP contribution in [0.5, 0.6) is 0 Å². The van der Waals surface area contributed by atoms with Gasteiger partial charge in [-0.3, -0.25) is 0 Å². The Labute approximate surface area is 199 Å². The molecule has 2 aliphatic carbocycles. The van der Waals surface area contributed by atoms with Gasteiger partial charge in [0.25, 0.3) is 0 Å². The fourth-order valence-corrected chi connectivity index (χ4v) is 6.45. The van der Waals surface area contributed by atoms with Crippen LogP contribution in [-0.4, -0.2) is 0 Å². The lowest BCUT2D eigenvalue weighted by Gasteiger charge is -2.42. The highest BCUT2D eigenvalue weighted by Gasteiger charge is 2.36. The van der Waals surface area contributed by atoms with E-state index in [1.165, 1.54) is 51.4 Å². The summed E-state index contributed by atoms with van der Waals surface area (Å²) in [4.78, 5) is 0. The van der Waals surface area contributed by atoms with E-state index in [4.69, 9.17) is 0 Å². The summed E-state index contributed by atoms with van der Waals surface area (Å²) in [5.74, 6) is 1.92. The number of hydrogen-bond donors (Lipinski definition) is 0. The molecule has 0 radical (unpaired) electrons. The molecule has 0 N–H and O–H groups in total.